The Morgan fingerprint density at radius 2 is 1.74 bits per heavy atom. The Kier molecular flexibility index (Phi) is 5.20. The van der Waals surface area contributed by atoms with Gasteiger partial charge in [0, 0.05) is 18.7 Å². The van der Waals surface area contributed by atoms with Crippen molar-refractivity contribution in [1.82, 2.24) is 20.6 Å². The van der Waals surface area contributed by atoms with E-state index in [0.717, 1.165) is 16.9 Å². The van der Waals surface area contributed by atoms with Crippen LogP contribution in [0.5, 0.6) is 0 Å². The molecule has 0 atom stereocenters. The van der Waals surface area contributed by atoms with Gasteiger partial charge in [0.25, 0.3) is 5.91 Å². The Morgan fingerprint density at radius 1 is 1.09 bits per heavy atom. The zero-order valence-corrected chi connectivity index (χ0v) is 13.0. The first-order valence-electron chi connectivity index (χ1n) is 7.18. The number of amides is 2. The second-order valence-electron chi connectivity index (χ2n) is 5.04. The summed E-state index contributed by atoms with van der Waals surface area (Å²) < 4.78 is 0. The molecule has 118 valence electrons. The average molecular weight is 311 g/mol. The maximum Gasteiger partial charge on any atom is 0.251 e. The van der Waals surface area contributed by atoms with Crippen LogP contribution in [-0.2, 0) is 4.79 Å². The highest BCUT2D eigenvalue weighted by atomic mass is 16.2. The number of hydrogen-bond donors (Lipinski definition) is 2. The van der Waals surface area contributed by atoms with Crippen LogP contribution in [0, 0.1) is 25.2 Å². The molecule has 2 N–H and O–H groups in total. The third-order valence-electron chi connectivity index (χ3n) is 3.31. The molecule has 2 aromatic rings. The molecule has 0 unspecified atom stereocenters. The lowest BCUT2D eigenvalue weighted by Gasteiger charge is -2.07. The number of rotatable bonds is 5. The minimum Gasteiger partial charge on any atom is -0.353 e. The zero-order chi connectivity index (χ0) is 16.8. The maximum atomic E-state index is 12.1. The molecule has 0 aliphatic rings. The molecular weight excluding hydrogens is 294 g/mol. The van der Waals surface area contributed by atoms with Crippen molar-refractivity contribution in [2.45, 2.75) is 20.3 Å². The monoisotopic (exact) mass is 311 g/mol. The molecule has 0 radical (unpaired) electrons. The molecule has 0 spiro atoms. The van der Waals surface area contributed by atoms with E-state index in [4.69, 9.17) is 5.26 Å². The number of nitriles is 1. The van der Waals surface area contributed by atoms with Gasteiger partial charge in [-0.25, -0.2) is 9.97 Å². The van der Waals surface area contributed by atoms with Crippen molar-refractivity contribution in [2.24, 2.45) is 0 Å². The van der Waals surface area contributed by atoms with Gasteiger partial charge >= 0.3 is 0 Å². The van der Waals surface area contributed by atoms with Crippen LogP contribution >= 0.6 is 0 Å². The van der Waals surface area contributed by atoms with Crippen LogP contribution in [-0.4, -0.2) is 34.9 Å². The van der Waals surface area contributed by atoms with E-state index in [1.54, 1.807) is 24.3 Å². The Morgan fingerprint density at radius 3 is 2.43 bits per heavy atom. The molecule has 0 saturated heterocycles. The van der Waals surface area contributed by atoms with E-state index >= 15 is 0 Å². The smallest absolute Gasteiger partial charge is 0.251 e. The van der Waals surface area contributed by atoms with Gasteiger partial charge in [0.05, 0.1) is 28.5 Å². The predicted octanol–water partition coefficient (Wildman–Crippen LogP) is 1.01. The molecule has 0 aliphatic heterocycles. The molecule has 7 nitrogen and oxygen atoms in total. The molecular formula is C16H17N5O2. The second kappa shape index (κ2) is 7.31. The van der Waals surface area contributed by atoms with Crippen LogP contribution in [0.3, 0.4) is 0 Å². The van der Waals surface area contributed by atoms with Gasteiger partial charge in [-0.05, 0) is 32.0 Å². The van der Waals surface area contributed by atoms with E-state index in [0.29, 0.717) is 11.1 Å². The number of benzene rings is 1. The van der Waals surface area contributed by atoms with Gasteiger partial charge in [-0.1, -0.05) is 0 Å². The number of nitrogens with zero attached hydrogens (tertiary/aromatic N) is 3. The van der Waals surface area contributed by atoms with Crippen LogP contribution in [0.4, 0.5) is 0 Å². The van der Waals surface area contributed by atoms with E-state index in [1.807, 2.05) is 13.8 Å². The van der Waals surface area contributed by atoms with Gasteiger partial charge in [-0.2, -0.15) is 5.26 Å². The molecule has 2 rings (SSSR count). The topological polar surface area (TPSA) is 108 Å². The van der Waals surface area contributed by atoms with E-state index in [1.165, 1.54) is 0 Å². The minimum atomic E-state index is -0.353. The molecule has 1 aromatic carbocycles. The van der Waals surface area contributed by atoms with Crippen LogP contribution in [0.1, 0.15) is 28.2 Å². The minimum absolute atomic E-state index is 0.184. The van der Waals surface area contributed by atoms with Crippen molar-refractivity contribution in [2.75, 3.05) is 13.1 Å². The third kappa shape index (κ3) is 4.23. The number of carbonyl (C=O) groups is 2. The maximum absolute atomic E-state index is 12.1. The van der Waals surface area contributed by atoms with Crippen molar-refractivity contribution in [3.05, 3.63) is 35.2 Å². The average Bonchev–Trinajstić information content (AvgIpc) is 2.52. The Hall–Kier alpha value is -3.01. The standard InChI is InChI=1S/C16H17N5O2/c1-10-11(2)21-14-9-12(3-4-13(14)20-10)16(23)19-8-7-18-15(22)5-6-17/h3-4,9H,5,7-8H2,1-2H3,(H,18,22)(H,19,23). The first-order chi connectivity index (χ1) is 11.0. The SMILES string of the molecule is Cc1nc2ccc(C(=O)NCCNC(=O)CC#N)cc2nc1C. The van der Waals surface area contributed by atoms with Gasteiger partial charge in [0.15, 0.2) is 0 Å². The third-order valence-corrected chi connectivity index (χ3v) is 3.31. The van der Waals surface area contributed by atoms with Gasteiger partial charge in [0.1, 0.15) is 6.42 Å². The predicted molar refractivity (Wildman–Crippen MR) is 84.6 cm³/mol. The van der Waals surface area contributed by atoms with Gasteiger partial charge in [0.2, 0.25) is 5.91 Å². The Labute approximate surface area is 133 Å². The Bertz CT molecular complexity index is 795. The van der Waals surface area contributed by atoms with Gasteiger partial charge in [-0.3, -0.25) is 9.59 Å². The van der Waals surface area contributed by atoms with Crippen molar-refractivity contribution >= 4 is 22.8 Å². The molecule has 7 heteroatoms. The fourth-order valence-corrected chi connectivity index (χ4v) is 1.99. The lowest BCUT2D eigenvalue weighted by atomic mass is 10.1. The lowest BCUT2D eigenvalue weighted by molar-refractivity contribution is -0.120. The normalized spacial score (nSPS) is 10.1. The number of fused-ring (bicyclic) bond motifs is 1. The first kappa shape index (κ1) is 16.4. The summed E-state index contributed by atoms with van der Waals surface area (Å²) in [6.45, 7) is 4.33. The van der Waals surface area contributed by atoms with Gasteiger partial charge in [-0.15, -0.1) is 0 Å². The number of aryl methyl sites for hydroxylation is 2. The highest BCUT2D eigenvalue weighted by molar-refractivity contribution is 5.97. The summed E-state index contributed by atoms with van der Waals surface area (Å²) in [5.41, 5.74) is 3.59. The number of aromatic nitrogens is 2. The van der Waals surface area contributed by atoms with E-state index in [2.05, 4.69) is 20.6 Å². The van der Waals surface area contributed by atoms with Gasteiger partial charge < -0.3 is 10.6 Å². The fourth-order valence-electron chi connectivity index (χ4n) is 1.99. The quantitative estimate of drug-likeness (QED) is 0.801. The van der Waals surface area contributed by atoms with Crippen LogP contribution in [0.15, 0.2) is 18.2 Å². The van der Waals surface area contributed by atoms with Crippen LogP contribution in [0.25, 0.3) is 11.0 Å². The summed E-state index contributed by atoms with van der Waals surface area (Å²) >= 11 is 0. The highest BCUT2D eigenvalue weighted by Crippen LogP contribution is 2.14. The van der Waals surface area contributed by atoms with Crippen molar-refractivity contribution in [1.29, 1.82) is 5.26 Å². The molecule has 0 bridgehead atoms. The molecule has 0 saturated carbocycles. The zero-order valence-electron chi connectivity index (χ0n) is 13.0. The summed E-state index contributed by atoms with van der Waals surface area (Å²) in [5.74, 6) is -0.602. The first-order valence-corrected chi connectivity index (χ1v) is 7.18. The molecule has 23 heavy (non-hydrogen) atoms. The molecule has 0 fully saturated rings. The molecule has 0 aliphatic carbocycles. The fraction of sp³-hybridized carbons (Fsp3) is 0.312. The van der Waals surface area contributed by atoms with Crippen LogP contribution in [0.2, 0.25) is 0 Å². The summed E-state index contributed by atoms with van der Waals surface area (Å²) in [6, 6.07) is 6.90. The largest absolute Gasteiger partial charge is 0.353 e. The number of nitrogens with one attached hydrogen (secondary N) is 2. The highest BCUT2D eigenvalue weighted by Gasteiger charge is 2.08. The Balaban J connectivity index is 1.97. The summed E-state index contributed by atoms with van der Waals surface area (Å²) in [4.78, 5) is 32.0. The van der Waals surface area contributed by atoms with Crippen molar-refractivity contribution in [3.8, 4) is 6.07 Å². The number of carbonyl (C=O) groups excluding carboxylic acids is 2. The molecule has 1 heterocycles. The number of hydrogen-bond acceptors (Lipinski definition) is 5. The second-order valence-corrected chi connectivity index (χ2v) is 5.04. The van der Waals surface area contributed by atoms with Crippen molar-refractivity contribution in [3.63, 3.8) is 0 Å². The summed E-state index contributed by atoms with van der Waals surface area (Å²) in [6.07, 6.45) is -0.184. The van der Waals surface area contributed by atoms with Crippen LogP contribution < -0.4 is 10.6 Å². The summed E-state index contributed by atoms with van der Waals surface area (Å²) in [7, 11) is 0. The molecule has 2 amide bonds. The van der Waals surface area contributed by atoms with E-state index in [9.17, 15) is 9.59 Å². The molecule has 1 aromatic heterocycles. The summed E-state index contributed by atoms with van der Waals surface area (Å²) in [5, 5.41) is 13.6. The van der Waals surface area contributed by atoms with E-state index in [-0.39, 0.29) is 31.3 Å². The lowest BCUT2D eigenvalue weighted by Crippen LogP contribution is -2.34. The van der Waals surface area contributed by atoms with E-state index < -0.39 is 0 Å². The van der Waals surface area contributed by atoms with Crippen molar-refractivity contribution < 1.29 is 9.59 Å².